The molecular weight excluding hydrogens is 226 g/mol. The molecule has 0 unspecified atom stereocenters. The second-order valence-corrected chi connectivity index (χ2v) is 5.31. The molecule has 0 aromatic heterocycles. The predicted molar refractivity (Wildman–Crippen MR) is 72.3 cm³/mol. The SMILES string of the molecule is C=C1CCC(=O)C(NN)=C1NCC1CCCCC1. The number of rotatable bonds is 4. The van der Waals surface area contributed by atoms with Crippen molar-refractivity contribution in [1.82, 2.24) is 10.7 Å². The van der Waals surface area contributed by atoms with Crippen molar-refractivity contribution in [3.8, 4) is 0 Å². The van der Waals surface area contributed by atoms with Crippen LogP contribution >= 0.6 is 0 Å². The van der Waals surface area contributed by atoms with Gasteiger partial charge in [0.2, 0.25) is 0 Å². The van der Waals surface area contributed by atoms with Crippen LogP contribution in [0.5, 0.6) is 0 Å². The molecule has 0 aliphatic heterocycles. The summed E-state index contributed by atoms with van der Waals surface area (Å²) in [5, 5.41) is 3.39. The number of hydrazine groups is 1. The van der Waals surface area contributed by atoms with E-state index < -0.39 is 0 Å². The van der Waals surface area contributed by atoms with E-state index in [1.54, 1.807) is 0 Å². The summed E-state index contributed by atoms with van der Waals surface area (Å²) >= 11 is 0. The Labute approximate surface area is 109 Å². The van der Waals surface area contributed by atoms with Gasteiger partial charge in [0.25, 0.3) is 0 Å². The molecule has 100 valence electrons. The first-order chi connectivity index (χ1) is 8.72. The lowest BCUT2D eigenvalue weighted by Crippen LogP contribution is -2.36. The Morgan fingerprint density at radius 2 is 1.89 bits per heavy atom. The first kappa shape index (κ1) is 13.1. The van der Waals surface area contributed by atoms with Crippen molar-refractivity contribution < 1.29 is 4.79 Å². The average molecular weight is 249 g/mol. The second kappa shape index (κ2) is 6.05. The van der Waals surface area contributed by atoms with Crippen molar-refractivity contribution in [3.63, 3.8) is 0 Å². The number of carbonyl (C=O) groups is 1. The summed E-state index contributed by atoms with van der Waals surface area (Å²) in [6.45, 7) is 4.95. The van der Waals surface area contributed by atoms with Gasteiger partial charge in [-0.05, 0) is 30.8 Å². The second-order valence-electron chi connectivity index (χ2n) is 5.31. The lowest BCUT2D eigenvalue weighted by atomic mass is 9.88. The molecule has 0 spiro atoms. The van der Waals surface area contributed by atoms with Gasteiger partial charge in [-0.2, -0.15) is 0 Å². The molecular formula is C14H23N3O. The highest BCUT2D eigenvalue weighted by molar-refractivity contribution is 5.97. The van der Waals surface area contributed by atoms with E-state index in [0.717, 1.165) is 30.2 Å². The van der Waals surface area contributed by atoms with Gasteiger partial charge in [0.1, 0.15) is 5.70 Å². The highest BCUT2D eigenvalue weighted by Crippen LogP contribution is 2.26. The Hall–Kier alpha value is -1.29. The fraction of sp³-hybridized carbons (Fsp3) is 0.643. The first-order valence-corrected chi connectivity index (χ1v) is 6.88. The topological polar surface area (TPSA) is 67.2 Å². The van der Waals surface area contributed by atoms with Gasteiger partial charge in [-0.1, -0.05) is 25.8 Å². The van der Waals surface area contributed by atoms with Crippen LogP contribution in [-0.2, 0) is 4.79 Å². The number of ketones is 1. The van der Waals surface area contributed by atoms with Crippen LogP contribution in [0.25, 0.3) is 0 Å². The molecule has 0 aromatic carbocycles. The highest BCUT2D eigenvalue weighted by Gasteiger charge is 2.23. The van der Waals surface area contributed by atoms with Gasteiger partial charge in [0.15, 0.2) is 5.78 Å². The van der Waals surface area contributed by atoms with E-state index in [4.69, 9.17) is 5.84 Å². The third-order valence-electron chi connectivity index (χ3n) is 3.97. The molecule has 2 aliphatic rings. The molecule has 4 N–H and O–H groups in total. The van der Waals surface area contributed by atoms with Crippen molar-refractivity contribution >= 4 is 5.78 Å². The maximum absolute atomic E-state index is 11.8. The van der Waals surface area contributed by atoms with Gasteiger partial charge in [-0.3, -0.25) is 10.6 Å². The summed E-state index contributed by atoms with van der Waals surface area (Å²) in [7, 11) is 0. The summed E-state index contributed by atoms with van der Waals surface area (Å²) in [4.78, 5) is 11.8. The Morgan fingerprint density at radius 3 is 2.56 bits per heavy atom. The van der Waals surface area contributed by atoms with Crippen LogP contribution in [0, 0.1) is 5.92 Å². The molecule has 0 atom stereocenters. The standard InChI is InChI=1S/C14H23N3O/c1-10-7-8-12(18)14(17-15)13(10)16-9-11-5-3-2-4-6-11/h11,16-17H,1-9,15H2. The molecule has 0 aromatic rings. The normalized spacial score (nSPS) is 22.3. The van der Waals surface area contributed by atoms with E-state index >= 15 is 0 Å². The summed E-state index contributed by atoms with van der Waals surface area (Å²) in [6.07, 6.45) is 7.82. The molecule has 0 radical (unpaired) electrons. The summed E-state index contributed by atoms with van der Waals surface area (Å²) < 4.78 is 0. The lowest BCUT2D eigenvalue weighted by molar-refractivity contribution is -0.116. The number of allylic oxidation sites excluding steroid dienone is 2. The molecule has 2 rings (SSSR count). The maximum Gasteiger partial charge on any atom is 0.182 e. The van der Waals surface area contributed by atoms with Crippen LogP contribution < -0.4 is 16.6 Å². The van der Waals surface area contributed by atoms with Gasteiger partial charge < -0.3 is 10.7 Å². The van der Waals surface area contributed by atoms with Crippen LogP contribution in [0.15, 0.2) is 23.5 Å². The van der Waals surface area contributed by atoms with Gasteiger partial charge >= 0.3 is 0 Å². The number of hydrogen-bond donors (Lipinski definition) is 3. The van der Waals surface area contributed by atoms with Crippen molar-refractivity contribution in [2.24, 2.45) is 11.8 Å². The molecule has 0 amide bonds. The molecule has 4 nitrogen and oxygen atoms in total. The Kier molecular flexibility index (Phi) is 4.42. The molecule has 0 saturated heterocycles. The van der Waals surface area contributed by atoms with Gasteiger partial charge in [0, 0.05) is 13.0 Å². The van der Waals surface area contributed by atoms with Gasteiger partial charge in [-0.15, -0.1) is 0 Å². The Bertz CT molecular complexity index is 367. The zero-order chi connectivity index (χ0) is 13.0. The van der Waals surface area contributed by atoms with E-state index in [-0.39, 0.29) is 5.78 Å². The largest absolute Gasteiger partial charge is 0.383 e. The highest BCUT2D eigenvalue weighted by atomic mass is 16.1. The van der Waals surface area contributed by atoms with Gasteiger partial charge in [-0.25, -0.2) is 0 Å². The van der Waals surface area contributed by atoms with E-state index in [9.17, 15) is 4.79 Å². The fourth-order valence-electron chi connectivity index (χ4n) is 2.83. The van der Waals surface area contributed by atoms with Crippen LogP contribution in [0.1, 0.15) is 44.9 Å². The fourth-order valence-corrected chi connectivity index (χ4v) is 2.83. The van der Waals surface area contributed by atoms with Crippen molar-refractivity contribution in [1.29, 1.82) is 0 Å². The van der Waals surface area contributed by atoms with Crippen LogP contribution in [-0.4, -0.2) is 12.3 Å². The minimum Gasteiger partial charge on any atom is -0.383 e. The zero-order valence-corrected chi connectivity index (χ0v) is 10.9. The summed E-state index contributed by atoms with van der Waals surface area (Å²) in [5.41, 5.74) is 4.85. The van der Waals surface area contributed by atoms with E-state index in [1.807, 2.05) is 0 Å². The van der Waals surface area contributed by atoms with Crippen molar-refractivity contribution in [2.45, 2.75) is 44.9 Å². The van der Waals surface area contributed by atoms with Gasteiger partial charge in [0.05, 0.1) is 5.70 Å². The molecule has 2 aliphatic carbocycles. The number of hydrogen-bond acceptors (Lipinski definition) is 4. The summed E-state index contributed by atoms with van der Waals surface area (Å²) in [5.74, 6) is 6.24. The third kappa shape index (κ3) is 2.93. The molecule has 0 heterocycles. The summed E-state index contributed by atoms with van der Waals surface area (Å²) in [6, 6.07) is 0. The average Bonchev–Trinajstić information content (AvgIpc) is 2.41. The Balaban J connectivity index is 2.00. The van der Waals surface area contributed by atoms with Crippen molar-refractivity contribution in [2.75, 3.05) is 6.54 Å². The molecule has 4 heteroatoms. The predicted octanol–water partition coefficient (Wildman–Crippen LogP) is 1.75. The zero-order valence-electron chi connectivity index (χ0n) is 10.9. The number of nitrogens with two attached hydrogens (primary N) is 1. The maximum atomic E-state index is 11.8. The molecule has 1 fully saturated rings. The Morgan fingerprint density at radius 1 is 1.17 bits per heavy atom. The number of carbonyl (C=O) groups excluding carboxylic acids is 1. The van der Waals surface area contributed by atoms with Crippen molar-refractivity contribution in [3.05, 3.63) is 23.5 Å². The number of Topliss-reactive ketones (excluding diaryl/α,β-unsaturated/α-hetero) is 1. The van der Waals surface area contributed by atoms with Crippen LogP contribution in [0.3, 0.4) is 0 Å². The minimum absolute atomic E-state index is 0.0797. The quantitative estimate of drug-likeness (QED) is 0.524. The molecule has 18 heavy (non-hydrogen) atoms. The van der Waals surface area contributed by atoms with E-state index in [2.05, 4.69) is 17.3 Å². The van der Waals surface area contributed by atoms with E-state index in [1.165, 1.54) is 32.1 Å². The van der Waals surface area contributed by atoms with Crippen LogP contribution in [0.4, 0.5) is 0 Å². The van der Waals surface area contributed by atoms with E-state index in [0.29, 0.717) is 12.1 Å². The van der Waals surface area contributed by atoms with Crippen LogP contribution in [0.2, 0.25) is 0 Å². The first-order valence-electron chi connectivity index (χ1n) is 6.88. The minimum atomic E-state index is 0.0797. The molecule has 0 bridgehead atoms. The third-order valence-corrected chi connectivity index (χ3v) is 3.97. The molecule has 1 saturated carbocycles. The number of nitrogens with one attached hydrogen (secondary N) is 2. The smallest absolute Gasteiger partial charge is 0.182 e. The monoisotopic (exact) mass is 249 g/mol. The lowest BCUT2D eigenvalue weighted by Gasteiger charge is -2.26.